The first-order chi connectivity index (χ1) is 19.2. The van der Waals surface area contributed by atoms with E-state index in [0.717, 1.165) is 17.7 Å². The highest BCUT2D eigenvalue weighted by molar-refractivity contribution is 6.01. The minimum atomic E-state index is -4.48. The normalized spacial score (nSPS) is 12.4. The maximum atomic E-state index is 13.3. The zero-order valence-electron chi connectivity index (χ0n) is 21.1. The summed E-state index contributed by atoms with van der Waals surface area (Å²) in [6.07, 6.45) is -4.03. The molecule has 0 aliphatic carbocycles. The molecule has 5 aromatic rings. The number of fused-ring (bicyclic) bond motifs is 1. The lowest BCUT2D eigenvalue weighted by Gasteiger charge is -2.18. The van der Waals surface area contributed by atoms with E-state index in [4.69, 9.17) is 4.74 Å². The number of amides is 1. The minimum absolute atomic E-state index is 0.0888. The van der Waals surface area contributed by atoms with Gasteiger partial charge < -0.3 is 15.2 Å². The smallest absolute Gasteiger partial charge is 0.416 e. The fourth-order valence-electron chi connectivity index (χ4n) is 4.39. The predicted octanol–water partition coefficient (Wildman–Crippen LogP) is 4.79. The van der Waals surface area contributed by atoms with Crippen LogP contribution in [0.2, 0.25) is 0 Å². The summed E-state index contributed by atoms with van der Waals surface area (Å²) in [4.78, 5) is 17.8. The van der Waals surface area contributed by atoms with Gasteiger partial charge in [0.25, 0.3) is 5.91 Å². The predicted molar refractivity (Wildman–Crippen MR) is 140 cm³/mol. The number of pyridine rings is 1. The number of aromatic amines is 1. The Bertz CT molecular complexity index is 1640. The number of nitrogens with one attached hydrogen (secondary N) is 2. The summed E-state index contributed by atoms with van der Waals surface area (Å²) >= 11 is 0. The molecule has 3 N–H and O–H groups in total. The van der Waals surface area contributed by atoms with Crippen molar-refractivity contribution in [1.29, 1.82) is 0 Å². The van der Waals surface area contributed by atoms with Gasteiger partial charge in [-0.1, -0.05) is 30.3 Å². The van der Waals surface area contributed by atoms with E-state index in [1.165, 1.54) is 19.2 Å². The van der Waals surface area contributed by atoms with E-state index in [0.29, 0.717) is 34.0 Å². The first-order valence-electron chi connectivity index (χ1n) is 12.2. The number of phenols is 1. The van der Waals surface area contributed by atoms with Crippen LogP contribution < -0.4 is 5.32 Å². The molecule has 1 unspecified atom stereocenters. The number of phenolic OH excluding ortho intramolecular Hbond substituents is 1. The number of carbonyl (C=O) groups is 1. The van der Waals surface area contributed by atoms with Crippen LogP contribution in [0.15, 0.2) is 72.8 Å². The average Bonchev–Trinajstić information content (AvgIpc) is 3.48. The molecule has 1 atom stereocenters. The number of nitrogens with zero attached hydrogens (tertiary/aromatic N) is 4. The summed E-state index contributed by atoms with van der Waals surface area (Å²) in [5.74, 6) is -0.128. The van der Waals surface area contributed by atoms with E-state index < -0.39 is 23.7 Å². The van der Waals surface area contributed by atoms with Crippen molar-refractivity contribution in [3.8, 4) is 28.3 Å². The number of rotatable bonds is 8. The van der Waals surface area contributed by atoms with Crippen LogP contribution in [0.4, 0.5) is 13.2 Å². The number of hydrogen-bond acceptors (Lipinski definition) is 7. The largest absolute Gasteiger partial charge is 0.508 e. The number of H-pyrrole nitrogens is 1. The number of aromatic hydroxyl groups is 1. The summed E-state index contributed by atoms with van der Waals surface area (Å²) in [6, 6.07) is 17.8. The van der Waals surface area contributed by atoms with Gasteiger partial charge in [-0.05, 0) is 70.8 Å². The molecule has 9 nitrogen and oxygen atoms in total. The Balaban J connectivity index is 1.50. The number of alkyl halides is 3. The molecule has 0 radical (unpaired) electrons. The molecule has 0 fully saturated rings. The lowest BCUT2D eigenvalue weighted by Crippen LogP contribution is -2.40. The Hall–Kier alpha value is -4.84. The van der Waals surface area contributed by atoms with E-state index in [2.05, 4.69) is 30.9 Å². The van der Waals surface area contributed by atoms with Crippen LogP contribution in [0.25, 0.3) is 33.4 Å². The lowest BCUT2D eigenvalue weighted by atomic mass is 9.98. The van der Waals surface area contributed by atoms with E-state index in [-0.39, 0.29) is 23.9 Å². The van der Waals surface area contributed by atoms with Gasteiger partial charge in [0.15, 0.2) is 0 Å². The number of hydrogen-bond donors (Lipinski definition) is 3. The van der Waals surface area contributed by atoms with Crippen LogP contribution in [0.5, 0.6) is 5.75 Å². The molecule has 0 spiro atoms. The number of benzene rings is 3. The van der Waals surface area contributed by atoms with Crippen LogP contribution in [-0.4, -0.2) is 56.4 Å². The van der Waals surface area contributed by atoms with E-state index in [1.807, 2.05) is 0 Å². The maximum Gasteiger partial charge on any atom is 0.416 e. The first-order valence-corrected chi connectivity index (χ1v) is 12.2. The highest BCUT2D eigenvalue weighted by atomic mass is 19.4. The second-order valence-electron chi connectivity index (χ2n) is 9.10. The van der Waals surface area contributed by atoms with Gasteiger partial charge in [0.1, 0.15) is 11.4 Å². The van der Waals surface area contributed by atoms with Crippen LogP contribution in [0, 0.1) is 0 Å². The number of carbonyl (C=O) groups excluding carboxylic acids is 1. The number of aromatic nitrogens is 5. The fourth-order valence-corrected chi connectivity index (χ4v) is 4.39. The SMILES string of the molecule is COCC(Cc1ccc(O)cc1)NC(=O)c1cc(-c2nn[nH]n2)c2cc(-c3cccc(C(F)(F)F)c3)ccc2n1. The van der Waals surface area contributed by atoms with E-state index >= 15 is 0 Å². The molecule has 2 heterocycles. The molecule has 2 aromatic heterocycles. The molecule has 0 saturated carbocycles. The highest BCUT2D eigenvalue weighted by Crippen LogP contribution is 2.34. The number of halogens is 3. The van der Waals surface area contributed by atoms with Crippen LogP contribution in [0.3, 0.4) is 0 Å². The topological polar surface area (TPSA) is 126 Å². The molecule has 12 heteroatoms. The van der Waals surface area contributed by atoms with Gasteiger partial charge in [0, 0.05) is 18.1 Å². The summed E-state index contributed by atoms with van der Waals surface area (Å²) in [6.45, 7) is 0.234. The van der Waals surface area contributed by atoms with Crippen molar-refractivity contribution in [2.24, 2.45) is 0 Å². The fraction of sp³-hybridized carbons (Fsp3) is 0.179. The van der Waals surface area contributed by atoms with Crippen molar-refractivity contribution in [3.05, 3.63) is 89.6 Å². The number of tetrazole rings is 1. The van der Waals surface area contributed by atoms with Crippen molar-refractivity contribution in [2.45, 2.75) is 18.6 Å². The third-order valence-corrected chi connectivity index (χ3v) is 6.27. The van der Waals surface area contributed by atoms with Gasteiger partial charge in [0.05, 0.1) is 23.7 Å². The van der Waals surface area contributed by atoms with E-state index in [9.17, 15) is 23.1 Å². The van der Waals surface area contributed by atoms with Crippen LogP contribution >= 0.6 is 0 Å². The maximum absolute atomic E-state index is 13.3. The van der Waals surface area contributed by atoms with Gasteiger partial charge in [0.2, 0.25) is 5.82 Å². The monoisotopic (exact) mass is 548 g/mol. The zero-order chi connectivity index (χ0) is 28.3. The van der Waals surface area contributed by atoms with Gasteiger partial charge in [-0.2, -0.15) is 18.4 Å². The van der Waals surface area contributed by atoms with Crippen molar-refractivity contribution < 1.29 is 27.8 Å². The van der Waals surface area contributed by atoms with Crippen molar-refractivity contribution in [1.82, 2.24) is 30.9 Å². The van der Waals surface area contributed by atoms with Crippen molar-refractivity contribution >= 4 is 16.8 Å². The molecule has 0 aliphatic rings. The van der Waals surface area contributed by atoms with Crippen molar-refractivity contribution in [2.75, 3.05) is 13.7 Å². The molecule has 0 aliphatic heterocycles. The Morgan fingerprint density at radius 3 is 2.52 bits per heavy atom. The van der Waals surface area contributed by atoms with Crippen molar-refractivity contribution in [3.63, 3.8) is 0 Å². The van der Waals surface area contributed by atoms with Gasteiger partial charge in [-0.15, -0.1) is 10.2 Å². The van der Waals surface area contributed by atoms with Crippen LogP contribution in [-0.2, 0) is 17.3 Å². The second kappa shape index (κ2) is 11.1. The van der Waals surface area contributed by atoms with Gasteiger partial charge in [-0.3, -0.25) is 4.79 Å². The standard InChI is InChI=1S/C28H23F3N6O3/c1-40-15-20(11-16-5-8-21(38)9-6-16)32-27(39)25-14-23(26-34-36-37-35-26)22-13-18(7-10-24(22)33-25)17-3-2-4-19(12-17)28(29,30)31/h2-10,12-14,20,38H,11,15H2,1H3,(H,32,39)(H,34,35,36,37). The second-order valence-corrected chi connectivity index (χ2v) is 9.10. The third kappa shape index (κ3) is 5.91. The number of ether oxygens (including phenoxy) is 1. The van der Waals surface area contributed by atoms with E-state index in [1.54, 1.807) is 48.5 Å². The molecular formula is C28H23F3N6O3. The third-order valence-electron chi connectivity index (χ3n) is 6.27. The molecule has 1 amide bonds. The Morgan fingerprint density at radius 2 is 1.82 bits per heavy atom. The molecule has 5 rings (SSSR count). The first kappa shape index (κ1) is 26.8. The Morgan fingerprint density at radius 1 is 1.05 bits per heavy atom. The summed E-state index contributed by atoms with van der Waals surface area (Å²) in [5, 5.41) is 27.1. The summed E-state index contributed by atoms with van der Waals surface area (Å²) in [7, 11) is 1.53. The summed E-state index contributed by atoms with van der Waals surface area (Å²) in [5.41, 5.74) is 1.97. The minimum Gasteiger partial charge on any atom is -0.508 e. The molecular weight excluding hydrogens is 525 g/mol. The zero-order valence-corrected chi connectivity index (χ0v) is 21.1. The highest BCUT2D eigenvalue weighted by Gasteiger charge is 2.30. The molecule has 3 aromatic carbocycles. The molecule has 204 valence electrons. The Kier molecular flexibility index (Phi) is 7.43. The molecule has 40 heavy (non-hydrogen) atoms. The summed E-state index contributed by atoms with van der Waals surface area (Å²) < 4.78 is 45.2. The quantitative estimate of drug-likeness (QED) is 0.254. The Labute approximate surface area is 226 Å². The lowest BCUT2D eigenvalue weighted by molar-refractivity contribution is -0.137. The van der Waals surface area contributed by atoms with Crippen LogP contribution in [0.1, 0.15) is 21.6 Å². The number of methoxy groups -OCH3 is 1. The van der Waals surface area contributed by atoms with Gasteiger partial charge in [-0.25, -0.2) is 4.98 Å². The van der Waals surface area contributed by atoms with Gasteiger partial charge >= 0.3 is 6.18 Å². The molecule has 0 bridgehead atoms. The molecule has 0 saturated heterocycles. The average molecular weight is 549 g/mol.